The average molecular weight is 925 g/mol. The molecule has 0 aromatic carbocycles. The van der Waals surface area contributed by atoms with Crippen molar-refractivity contribution in [3.8, 4) is 0 Å². The van der Waals surface area contributed by atoms with E-state index in [0.29, 0.717) is 0 Å². The molecule has 0 rings (SSSR count). The van der Waals surface area contributed by atoms with Crippen molar-refractivity contribution < 1.29 is 138 Å². The Labute approximate surface area is 476 Å². The van der Waals surface area contributed by atoms with E-state index >= 15 is 0 Å². The first-order valence-corrected chi connectivity index (χ1v) is 14.1. The smallest absolute Gasteiger partial charge is 1.00 e. The van der Waals surface area contributed by atoms with Gasteiger partial charge in [0.05, 0.1) is 0 Å². The number of hydrogen-bond donors (Lipinski definition) is 18. The maximum Gasteiger partial charge on any atom is 2.00 e. The van der Waals surface area contributed by atoms with Gasteiger partial charge in [0.2, 0.25) is 0 Å². The van der Waals surface area contributed by atoms with Gasteiger partial charge in [-0.05, 0) is 0 Å². The predicted molar refractivity (Wildman–Crippen MR) is 149 cm³/mol. The van der Waals surface area contributed by atoms with Crippen LogP contribution in [0.25, 0.3) is 0 Å². The maximum absolute atomic E-state index is 8.88. The fraction of sp³-hybridized carbons (Fsp3) is 0. The molecular weight excluding hydrogens is 890 g/mol. The van der Waals surface area contributed by atoms with E-state index in [-0.39, 0.29) is 325 Å². The van der Waals surface area contributed by atoms with Crippen molar-refractivity contribution in [3.63, 3.8) is 0 Å². The van der Waals surface area contributed by atoms with Gasteiger partial charge in [0.25, 0.3) is 0 Å². The first kappa shape index (κ1) is 92.0. The number of phosphoric acid groups is 6. The monoisotopic (exact) mass is 924 g/mol. The molecule has 38 heteroatoms. The Morgan fingerprint density at radius 1 is 0.211 bits per heavy atom. The van der Waals surface area contributed by atoms with Gasteiger partial charge >= 0.3 is 349 Å². The van der Waals surface area contributed by atoms with Crippen LogP contribution in [-0.2, 0) is 27.4 Å². The Hall–Kier alpha value is 10.7. The van der Waals surface area contributed by atoms with Crippen molar-refractivity contribution in [3.05, 3.63) is 0 Å². The molecule has 0 aliphatic rings. The number of hydrogen-bond acceptors (Lipinski definition) is 6. The zero-order valence-corrected chi connectivity index (χ0v) is 41.9. The van der Waals surface area contributed by atoms with Gasteiger partial charge in [-0.2, -0.15) is 0 Å². The van der Waals surface area contributed by atoms with E-state index in [1.54, 1.807) is 0 Å². The zero-order chi connectivity index (χ0) is 27.0. The average Bonchev–Trinajstić information content (AvgIpc) is 1.94. The molecule has 0 aromatic heterocycles. The van der Waals surface area contributed by atoms with Crippen LogP contribution in [0.15, 0.2) is 0 Å². The molecule has 224 valence electrons. The van der Waals surface area contributed by atoms with E-state index < -0.39 is 46.9 Å². The summed E-state index contributed by atoms with van der Waals surface area (Å²) in [7, 11) is -27.8. The van der Waals surface area contributed by atoms with Crippen LogP contribution in [0, 0.1) is 0 Å². The van der Waals surface area contributed by atoms with E-state index in [2.05, 4.69) is 0 Å². The van der Waals surface area contributed by atoms with Gasteiger partial charge < -0.3 is 111 Å². The second-order valence-corrected chi connectivity index (χ2v) is 9.24. The Morgan fingerprint density at radius 3 is 0.211 bits per heavy atom. The first-order chi connectivity index (χ1) is 12.0. The molecule has 0 spiro atoms. The Kier molecular flexibility index (Phi) is 116. The van der Waals surface area contributed by atoms with Gasteiger partial charge in [-0.25, -0.2) is 27.4 Å². The zero-order valence-electron chi connectivity index (χ0n) is 34.8. The minimum atomic E-state index is -4.64. The van der Waals surface area contributed by atoms with E-state index in [9.17, 15) is 0 Å². The summed E-state index contributed by atoms with van der Waals surface area (Å²) in [6.07, 6.45) is 0. The molecule has 0 saturated carbocycles. The van der Waals surface area contributed by atoms with Crippen LogP contribution in [0.5, 0.6) is 0 Å². The van der Waals surface area contributed by atoms with Crippen LogP contribution < -0.4 is 0 Å². The third-order valence-corrected chi connectivity index (χ3v) is 0. The topological polar surface area (TPSA) is 467 Å². The normalized spacial score (nSPS) is 9.32. The van der Waals surface area contributed by atoms with Gasteiger partial charge in [0.1, 0.15) is 0 Å². The molecule has 0 aliphatic carbocycles. The predicted octanol–water partition coefficient (Wildman–Crippen LogP) is -6.82. The molecule has 0 radical (unpaired) electrons. The maximum atomic E-state index is 8.88. The summed E-state index contributed by atoms with van der Waals surface area (Å²) < 4.78 is 53.3. The van der Waals surface area contributed by atoms with Gasteiger partial charge in [0, 0.05) is 0 Å². The van der Waals surface area contributed by atoms with Gasteiger partial charge in [-0.15, -0.1) is 0 Å². The standard InChI is InChI=1S/8Ca.6H3O4P.16H/c;;;;;;;;6*1-5(2,3)4;;;;;;;;;;;;;;;;/h;;;;;;;;6*(H3,1,2,3,4);;;;;;;;;;;;;;;;/q8*+2;;;;;;;16*-1. The van der Waals surface area contributed by atoms with Crippen LogP contribution in [-0.4, -0.2) is 390 Å². The van der Waals surface area contributed by atoms with Crippen LogP contribution in [0.3, 0.4) is 0 Å². The van der Waals surface area contributed by atoms with E-state index in [0.717, 1.165) is 0 Å². The van der Waals surface area contributed by atoms with Crippen molar-refractivity contribution in [1.29, 1.82) is 0 Å². The van der Waals surface area contributed by atoms with Crippen molar-refractivity contribution in [1.82, 2.24) is 0 Å². The van der Waals surface area contributed by atoms with Crippen LogP contribution in [0.1, 0.15) is 22.8 Å². The number of rotatable bonds is 0. The molecule has 0 saturated heterocycles. The molecule has 0 heterocycles. The summed E-state index contributed by atoms with van der Waals surface area (Å²) in [4.78, 5) is 129. The molecule has 0 fully saturated rings. The summed E-state index contributed by atoms with van der Waals surface area (Å²) in [5.74, 6) is 0. The molecule has 18 N–H and O–H groups in total. The summed E-state index contributed by atoms with van der Waals surface area (Å²) in [6, 6.07) is 0. The fourth-order valence-corrected chi connectivity index (χ4v) is 0. The Morgan fingerprint density at radius 2 is 0.211 bits per heavy atom. The van der Waals surface area contributed by atoms with Gasteiger partial charge in [-0.3, -0.25) is 0 Å². The van der Waals surface area contributed by atoms with Crippen molar-refractivity contribution in [2.75, 3.05) is 0 Å². The second-order valence-electron chi connectivity index (χ2n) is 3.08. The third kappa shape index (κ3) is 848. The first-order valence-electron chi connectivity index (χ1n) is 4.70. The van der Waals surface area contributed by atoms with Crippen molar-refractivity contribution in [2.24, 2.45) is 0 Å². The minimum Gasteiger partial charge on any atom is -1.00 e. The summed E-state index contributed by atoms with van der Waals surface area (Å²) in [5.41, 5.74) is 0. The van der Waals surface area contributed by atoms with E-state index in [4.69, 9.17) is 115 Å². The van der Waals surface area contributed by atoms with Crippen LogP contribution >= 0.6 is 46.9 Å². The summed E-state index contributed by atoms with van der Waals surface area (Å²) in [6.45, 7) is 0. The minimum absolute atomic E-state index is 0. The SMILES string of the molecule is O=P(O)(O)O.O=P(O)(O)O.O=P(O)(O)O.O=P(O)(O)O.O=P(O)(O)O.O=P(O)(O)O.[Ca+2].[Ca+2].[Ca+2].[Ca+2].[Ca+2].[Ca+2].[Ca+2].[Ca+2].[H-].[H-].[H-].[H-].[H-].[H-].[H-].[H-].[H-].[H-].[H-].[H-].[H-].[H-].[H-].[H-]. The fourth-order valence-electron chi connectivity index (χ4n) is 0. The summed E-state index contributed by atoms with van der Waals surface area (Å²) in [5, 5.41) is 0. The molecule has 0 bridgehead atoms. The quantitative estimate of drug-likeness (QED) is 0.0793. The Balaban J connectivity index is -0.00000000420. The molecular formula is H34Ca8O24P6. The van der Waals surface area contributed by atoms with Crippen molar-refractivity contribution in [2.45, 2.75) is 0 Å². The molecule has 0 atom stereocenters. The Bertz CT molecular complexity index is 529. The summed E-state index contributed by atoms with van der Waals surface area (Å²) >= 11 is 0. The van der Waals surface area contributed by atoms with Crippen molar-refractivity contribution >= 4 is 349 Å². The molecule has 0 aromatic rings. The van der Waals surface area contributed by atoms with Crippen LogP contribution in [0.4, 0.5) is 0 Å². The molecule has 0 aliphatic heterocycles. The van der Waals surface area contributed by atoms with E-state index in [1.165, 1.54) is 0 Å². The van der Waals surface area contributed by atoms with Gasteiger partial charge in [-0.1, -0.05) is 0 Å². The molecule has 24 nitrogen and oxygen atoms in total. The molecule has 0 unspecified atom stereocenters. The largest absolute Gasteiger partial charge is 2.00 e. The molecule has 38 heavy (non-hydrogen) atoms. The van der Waals surface area contributed by atoms with Gasteiger partial charge in [0.15, 0.2) is 0 Å². The van der Waals surface area contributed by atoms with E-state index in [1.807, 2.05) is 0 Å². The molecule has 0 amide bonds. The van der Waals surface area contributed by atoms with Crippen LogP contribution in [0.2, 0.25) is 0 Å². The third-order valence-electron chi connectivity index (χ3n) is 0. The second kappa shape index (κ2) is 47.7.